The van der Waals surface area contributed by atoms with E-state index in [-0.39, 0.29) is 0 Å². The van der Waals surface area contributed by atoms with Crippen molar-refractivity contribution in [3.8, 4) is 0 Å². The van der Waals surface area contributed by atoms with Crippen molar-refractivity contribution in [1.29, 1.82) is 0 Å². The van der Waals surface area contributed by atoms with Gasteiger partial charge >= 0.3 is 0 Å². The highest BCUT2D eigenvalue weighted by molar-refractivity contribution is 5.73. The molecule has 2 heterocycles. The molecule has 3 nitrogen and oxygen atoms in total. The van der Waals surface area contributed by atoms with Crippen molar-refractivity contribution in [2.45, 2.75) is 0 Å². The van der Waals surface area contributed by atoms with E-state index >= 15 is 0 Å². The molecule has 2 rings (SSSR count). The van der Waals surface area contributed by atoms with E-state index in [0.717, 1.165) is 17.6 Å². The second-order valence-corrected chi connectivity index (χ2v) is 2.61. The Morgan fingerprint density at radius 1 is 1.38 bits per heavy atom. The average Bonchev–Trinajstić information content (AvgIpc) is 2.58. The molecule has 2 aromatic heterocycles. The lowest BCUT2D eigenvalue weighted by atomic mass is 10.4. The Hall–Kier alpha value is -1.90. The molecular weight excluding hydrogens is 164 g/mol. The van der Waals surface area contributed by atoms with Crippen molar-refractivity contribution >= 4 is 18.0 Å². The van der Waals surface area contributed by atoms with Crippen LogP contribution in [0.15, 0.2) is 36.7 Å². The summed E-state index contributed by atoms with van der Waals surface area (Å²) in [7, 11) is 0. The number of imidazole rings is 1. The first-order valence-corrected chi connectivity index (χ1v) is 3.96. The summed E-state index contributed by atoms with van der Waals surface area (Å²) in [6.07, 6.45) is 7.58. The minimum atomic E-state index is 0.752. The van der Waals surface area contributed by atoms with Crippen molar-refractivity contribution in [1.82, 2.24) is 9.38 Å². The highest BCUT2D eigenvalue weighted by atomic mass is 16.1. The number of aldehydes is 1. The Kier molecular flexibility index (Phi) is 1.92. The number of rotatable bonds is 2. The van der Waals surface area contributed by atoms with E-state index in [9.17, 15) is 4.79 Å². The molecule has 2 aromatic rings. The summed E-state index contributed by atoms with van der Waals surface area (Å²) in [4.78, 5) is 14.3. The van der Waals surface area contributed by atoms with Crippen LogP contribution in [0.2, 0.25) is 0 Å². The van der Waals surface area contributed by atoms with Crippen LogP contribution in [0.4, 0.5) is 0 Å². The van der Waals surface area contributed by atoms with Gasteiger partial charge in [0.1, 0.15) is 11.9 Å². The number of pyridine rings is 1. The van der Waals surface area contributed by atoms with Crippen LogP contribution in [-0.2, 0) is 4.79 Å². The number of hydrogen-bond acceptors (Lipinski definition) is 2. The second kappa shape index (κ2) is 3.23. The van der Waals surface area contributed by atoms with E-state index in [1.165, 1.54) is 6.08 Å². The van der Waals surface area contributed by atoms with Crippen molar-refractivity contribution in [2.75, 3.05) is 0 Å². The average molecular weight is 172 g/mol. The maximum Gasteiger partial charge on any atom is 0.142 e. The predicted molar refractivity (Wildman–Crippen MR) is 50.3 cm³/mol. The van der Waals surface area contributed by atoms with E-state index in [4.69, 9.17) is 0 Å². The van der Waals surface area contributed by atoms with Gasteiger partial charge in [-0.3, -0.25) is 4.79 Å². The number of nitrogens with zero attached hydrogens (tertiary/aromatic N) is 2. The largest absolute Gasteiger partial charge is 0.300 e. The molecule has 0 aliphatic carbocycles. The van der Waals surface area contributed by atoms with Crippen LogP contribution in [0.5, 0.6) is 0 Å². The summed E-state index contributed by atoms with van der Waals surface area (Å²) >= 11 is 0. The third kappa shape index (κ3) is 1.36. The van der Waals surface area contributed by atoms with Gasteiger partial charge in [0.2, 0.25) is 0 Å². The molecule has 0 radical (unpaired) electrons. The lowest BCUT2D eigenvalue weighted by Crippen LogP contribution is -1.84. The third-order valence-electron chi connectivity index (χ3n) is 1.79. The van der Waals surface area contributed by atoms with Crippen LogP contribution in [0.1, 0.15) is 5.69 Å². The molecule has 13 heavy (non-hydrogen) atoms. The Labute approximate surface area is 75.3 Å². The summed E-state index contributed by atoms with van der Waals surface area (Å²) in [6, 6.07) is 5.76. The monoisotopic (exact) mass is 172 g/mol. The lowest BCUT2D eigenvalue weighted by Gasteiger charge is -1.93. The molecule has 0 unspecified atom stereocenters. The molecule has 0 aromatic carbocycles. The second-order valence-electron chi connectivity index (χ2n) is 2.61. The van der Waals surface area contributed by atoms with Crippen LogP contribution in [0.3, 0.4) is 0 Å². The van der Waals surface area contributed by atoms with Crippen LogP contribution >= 0.6 is 0 Å². The molecular formula is C10H8N2O. The molecule has 0 amide bonds. The standard InChI is InChI=1S/C10H8N2O/c13-7-3-4-9-8-11-10-5-1-2-6-12(9)10/h1-8H. The fourth-order valence-electron chi connectivity index (χ4n) is 1.21. The van der Waals surface area contributed by atoms with E-state index in [1.807, 2.05) is 28.8 Å². The topological polar surface area (TPSA) is 34.4 Å². The number of aromatic nitrogens is 2. The highest BCUT2D eigenvalue weighted by Gasteiger charge is 1.96. The fourth-order valence-corrected chi connectivity index (χ4v) is 1.21. The first-order valence-electron chi connectivity index (χ1n) is 3.96. The molecule has 0 aliphatic heterocycles. The molecule has 0 bridgehead atoms. The van der Waals surface area contributed by atoms with Crippen LogP contribution < -0.4 is 0 Å². The third-order valence-corrected chi connectivity index (χ3v) is 1.79. The minimum absolute atomic E-state index is 0.752. The van der Waals surface area contributed by atoms with Crippen LogP contribution in [0.25, 0.3) is 11.7 Å². The number of carbonyl (C=O) groups is 1. The Bertz CT molecular complexity index is 457. The zero-order chi connectivity index (χ0) is 9.10. The molecule has 0 aliphatic rings. The van der Waals surface area contributed by atoms with Gasteiger partial charge in [-0.25, -0.2) is 4.98 Å². The SMILES string of the molecule is O=CC=Cc1cnc2ccccn12. The van der Waals surface area contributed by atoms with Gasteiger partial charge in [-0.15, -0.1) is 0 Å². The predicted octanol–water partition coefficient (Wildman–Crippen LogP) is 1.55. The minimum Gasteiger partial charge on any atom is -0.300 e. The smallest absolute Gasteiger partial charge is 0.142 e. The van der Waals surface area contributed by atoms with E-state index in [1.54, 1.807) is 12.3 Å². The van der Waals surface area contributed by atoms with Gasteiger partial charge in [0, 0.05) is 6.20 Å². The maximum atomic E-state index is 10.1. The van der Waals surface area contributed by atoms with Gasteiger partial charge in [0.25, 0.3) is 0 Å². The zero-order valence-corrected chi connectivity index (χ0v) is 6.92. The number of carbonyl (C=O) groups excluding carboxylic acids is 1. The fraction of sp³-hybridized carbons (Fsp3) is 0. The van der Waals surface area contributed by atoms with Crippen LogP contribution in [-0.4, -0.2) is 15.7 Å². The maximum absolute atomic E-state index is 10.1. The van der Waals surface area contributed by atoms with Gasteiger partial charge in [0.05, 0.1) is 11.9 Å². The summed E-state index contributed by atoms with van der Waals surface area (Å²) in [5.41, 5.74) is 1.79. The van der Waals surface area contributed by atoms with Gasteiger partial charge in [-0.1, -0.05) is 6.07 Å². The Morgan fingerprint density at radius 2 is 2.31 bits per heavy atom. The van der Waals surface area contributed by atoms with Crippen LogP contribution in [0, 0.1) is 0 Å². The number of hydrogen-bond donors (Lipinski definition) is 0. The van der Waals surface area contributed by atoms with Gasteiger partial charge in [-0.05, 0) is 24.3 Å². The van der Waals surface area contributed by atoms with E-state index < -0.39 is 0 Å². The quantitative estimate of drug-likeness (QED) is 0.508. The van der Waals surface area contributed by atoms with E-state index in [0.29, 0.717) is 0 Å². The molecule has 64 valence electrons. The molecule has 0 atom stereocenters. The number of allylic oxidation sites excluding steroid dienone is 1. The number of fused-ring (bicyclic) bond motifs is 1. The Morgan fingerprint density at radius 3 is 3.15 bits per heavy atom. The normalized spacial score (nSPS) is 11.1. The first kappa shape index (κ1) is 7.73. The van der Waals surface area contributed by atoms with Gasteiger partial charge in [0.15, 0.2) is 0 Å². The first-order chi connectivity index (χ1) is 6.42. The molecule has 0 fully saturated rings. The molecule has 0 spiro atoms. The van der Waals surface area contributed by atoms with Gasteiger partial charge in [-0.2, -0.15) is 0 Å². The summed E-state index contributed by atoms with van der Waals surface area (Å²) in [6.45, 7) is 0. The highest BCUT2D eigenvalue weighted by Crippen LogP contribution is 2.06. The van der Waals surface area contributed by atoms with Crippen molar-refractivity contribution < 1.29 is 4.79 Å². The molecule has 0 saturated heterocycles. The van der Waals surface area contributed by atoms with Crippen molar-refractivity contribution in [3.63, 3.8) is 0 Å². The van der Waals surface area contributed by atoms with E-state index in [2.05, 4.69) is 4.98 Å². The molecule has 3 heteroatoms. The summed E-state index contributed by atoms with van der Waals surface area (Å²) in [5, 5.41) is 0. The van der Waals surface area contributed by atoms with Crippen molar-refractivity contribution in [3.05, 3.63) is 42.4 Å². The van der Waals surface area contributed by atoms with Gasteiger partial charge < -0.3 is 4.40 Å². The Balaban J connectivity index is 2.57. The lowest BCUT2D eigenvalue weighted by molar-refractivity contribution is -0.104. The summed E-state index contributed by atoms with van der Waals surface area (Å²) < 4.78 is 1.92. The van der Waals surface area contributed by atoms with Crippen molar-refractivity contribution in [2.24, 2.45) is 0 Å². The molecule has 0 N–H and O–H groups in total. The molecule has 0 saturated carbocycles. The zero-order valence-electron chi connectivity index (χ0n) is 6.92. The summed E-state index contributed by atoms with van der Waals surface area (Å²) in [5.74, 6) is 0.